The number of carboxylic acids is 1. The Morgan fingerprint density at radius 3 is 2.18 bits per heavy atom. The molecule has 0 bridgehead atoms. The highest BCUT2D eigenvalue weighted by molar-refractivity contribution is 6.01. The summed E-state index contributed by atoms with van der Waals surface area (Å²) in [7, 11) is 0. The summed E-state index contributed by atoms with van der Waals surface area (Å²) in [5, 5.41) is 8.72. The summed E-state index contributed by atoms with van der Waals surface area (Å²) in [6.45, 7) is 5.59. The molecule has 1 fully saturated rings. The highest BCUT2D eigenvalue weighted by Gasteiger charge is 2.24. The fourth-order valence-corrected chi connectivity index (χ4v) is 2.73. The third-order valence-electron chi connectivity index (χ3n) is 3.67. The van der Waals surface area contributed by atoms with Gasteiger partial charge in [-0.05, 0) is 32.6 Å². The van der Waals surface area contributed by atoms with E-state index in [2.05, 4.69) is 4.90 Å². The highest BCUT2D eigenvalue weighted by atomic mass is 16.5. The molecule has 6 nitrogen and oxygen atoms in total. The van der Waals surface area contributed by atoms with E-state index in [0.29, 0.717) is 12.0 Å². The number of Topliss-reactive ketones (excluding diaryl/α,β-unsaturated/α-hetero) is 1. The number of aliphatic carboxylic acids is 1. The molecule has 0 aromatic heterocycles. The van der Waals surface area contributed by atoms with E-state index < -0.39 is 24.1 Å². The molecular weight excluding hydrogens is 286 g/mol. The molecule has 6 heteroatoms. The molecule has 0 aromatic rings. The average Bonchev–Trinajstić information content (AvgIpc) is 2.47. The van der Waals surface area contributed by atoms with Gasteiger partial charge in [0.25, 0.3) is 0 Å². The van der Waals surface area contributed by atoms with Gasteiger partial charge in [-0.25, -0.2) is 4.79 Å². The number of likely N-dealkylation sites (tertiary alicyclic amines) is 1. The fraction of sp³-hybridized carbons (Fsp3) is 0.688. The molecule has 0 radical (unpaired) electrons. The Balaban J connectivity index is 3.02. The number of rotatable bonds is 8. The molecule has 22 heavy (non-hydrogen) atoms. The lowest BCUT2D eigenvalue weighted by Crippen LogP contribution is -2.31. The molecule has 1 saturated heterocycles. The van der Waals surface area contributed by atoms with Gasteiger partial charge in [-0.2, -0.15) is 0 Å². The molecule has 0 saturated carbocycles. The molecule has 1 aliphatic rings. The topological polar surface area (TPSA) is 83.9 Å². The minimum absolute atomic E-state index is 0.176. The number of hydrogen-bond donors (Lipinski definition) is 1. The van der Waals surface area contributed by atoms with Crippen molar-refractivity contribution >= 4 is 17.7 Å². The van der Waals surface area contributed by atoms with Gasteiger partial charge in [-0.1, -0.05) is 6.92 Å². The second kappa shape index (κ2) is 9.23. The summed E-state index contributed by atoms with van der Waals surface area (Å²) in [4.78, 5) is 36.8. The van der Waals surface area contributed by atoms with Crippen LogP contribution in [0.15, 0.2) is 11.3 Å². The van der Waals surface area contributed by atoms with E-state index in [-0.39, 0.29) is 13.0 Å². The van der Waals surface area contributed by atoms with Crippen LogP contribution in [-0.4, -0.2) is 47.4 Å². The van der Waals surface area contributed by atoms with Crippen LogP contribution < -0.4 is 0 Å². The number of esters is 1. The number of ether oxygens (including phenoxy) is 1. The molecule has 0 unspecified atom stereocenters. The average molecular weight is 311 g/mol. The van der Waals surface area contributed by atoms with Crippen molar-refractivity contribution in [1.29, 1.82) is 0 Å². The highest BCUT2D eigenvalue weighted by Crippen LogP contribution is 2.23. The molecule has 1 N–H and O–H groups in total. The standard InChI is InChI=1S/C16H25NO5/c1-3-14(17-8-6-5-7-9-17)13(16(21)22-4-2)10-12(18)11-15(19)20/h3-11H2,1-2H3,(H,19,20)/b14-13+. The number of carboxylic acid groups (broad SMARTS) is 1. The van der Waals surface area contributed by atoms with Gasteiger partial charge < -0.3 is 14.7 Å². The van der Waals surface area contributed by atoms with E-state index in [1.54, 1.807) is 6.92 Å². The summed E-state index contributed by atoms with van der Waals surface area (Å²) >= 11 is 0. The van der Waals surface area contributed by atoms with Crippen LogP contribution in [0.2, 0.25) is 0 Å². The smallest absolute Gasteiger partial charge is 0.336 e. The normalized spacial score (nSPS) is 16.0. The zero-order valence-corrected chi connectivity index (χ0v) is 13.4. The van der Waals surface area contributed by atoms with Crippen molar-refractivity contribution < 1.29 is 24.2 Å². The Kier molecular flexibility index (Phi) is 7.63. The van der Waals surface area contributed by atoms with Crippen molar-refractivity contribution in [2.75, 3.05) is 19.7 Å². The quantitative estimate of drug-likeness (QED) is 0.420. The molecule has 0 aromatic carbocycles. The summed E-state index contributed by atoms with van der Waals surface area (Å²) in [5.41, 5.74) is 1.13. The summed E-state index contributed by atoms with van der Waals surface area (Å²) in [6, 6.07) is 0. The van der Waals surface area contributed by atoms with Gasteiger partial charge in [0.1, 0.15) is 12.2 Å². The summed E-state index contributed by atoms with van der Waals surface area (Å²) in [5.74, 6) is -2.16. The monoisotopic (exact) mass is 311 g/mol. The van der Waals surface area contributed by atoms with E-state index in [1.165, 1.54) is 6.42 Å². The van der Waals surface area contributed by atoms with Gasteiger partial charge in [0.15, 0.2) is 0 Å². The first-order valence-corrected chi connectivity index (χ1v) is 7.87. The maximum Gasteiger partial charge on any atom is 0.336 e. The molecule has 1 aliphatic heterocycles. The lowest BCUT2D eigenvalue weighted by Gasteiger charge is -2.32. The maximum atomic E-state index is 12.2. The minimum Gasteiger partial charge on any atom is -0.481 e. The zero-order valence-electron chi connectivity index (χ0n) is 13.4. The zero-order chi connectivity index (χ0) is 16.5. The van der Waals surface area contributed by atoms with Crippen LogP contribution in [0, 0.1) is 0 Å². The predicted octanol–water partition coefficient (Wildman–Crippen LogP) is 2.13. The fourth-order valence-electron chi connectivity index (χ4n) is 2.73. The first-order chi connectivity index (χ1) is 10.5. The van der Waals surface area contributed by atoms with E-state index in [0.717, 1.165) is 31.6 Å². The van der Waals surface area contributed by atoms with Crippen molar-refractivity contribution in [3.05, 3.63) is 11.3 Å². The number of piperidine rings is 1. The van der Waals surface area contributed by atoms with E-state index in [4.69, 9.17) is 9.84 Å². The van der Waals surface area contributed by atoms with Gasteiger partial charge in [-0.15, -0.1) is 0 Å². The second-order valence-electron chi connectivity index (χ2n) is 5.33. The summed E-state index contributed by atoms with van der Waals surface area (Å²) in [6.07, 6.45) is 3.16. The van der Waals surface area contributed by atoms with Crippen LogP contribution in [0.4, 0.5) is 0 Å². The number of allylic oxidation sites excluding steroid dienone is 1. The number of nitrogens with zero attached hydrogens (tertiary/aromatic N) is 1. The third kappa shape index (κ3) is 5.50. The van der Waals surface area contributed by atoms with Crippen molar-refractivity contribution in [2.24, 2.45) is 0 Å². The largest absolute Gasteiger partial charge is 0.481 e. The molecule has 1 rings (SSSR count). The number of ketones is 1. The van der Waals surface area contributed by atoms with Crippen LogP contribution in [0.25, 0.3) is 0 Å². The van der Waals surface area contributed by atoms with E-state index >= 15 is 0 Å². The van der Waals surface area contributed by atoms with Crippen LogP contribution in [0.5, 0.6) is 0 Å². The van der Waals surface area contributed by atoms with Crippen molar-refractivity contribution in [2.45, 2.75) is 52.4 Å². The van der Waals surface area contributed by atoms with Gasteiger partial charge in [0.2, 0.25) is 0 Å². The second-order valence-corrected chi connectivity index (χ2v) is 5.33. The summed E-state index contributed by atoms with van der Waals surface area (Å²) < 4.78 is 5.06. The van der Waals surface area contributed by atoms with Crippen molar-refractivity contribution in [3.8, 4) is 0 Å². The van der Waals surface area contributed by atoms with Crippen LogP contribution in [0.3, 0.4) is 0 Å². The predicted molar refractivity (Wildman–Crippen MR) is 81.3 cm³/mol. The molecule has 0 aliphatic carbocycles. The molecular formula is C16H25NO5. The Morgan fingerprint density at radius 2 is 1.68 bits per heavy atom. The SMILES string of the molecule is CCOC(=O)/C(CC(=O)CC(=O)O)=C(\CC)N1CCCCC1. The maximum absolute atomic E-state index is 12.2. The molecule has 1 heterocycles. The first kappa shape index (κ1) is 18.2. The van der Waals surface area contributed by atoms with Gasteiger partial charge in [-0.3, -0.25) is 9.59 Å². The third-order valence-corrected chi connectivity index (χ3v) is 3.67. The Morgan fingerprint density at radius 1 is 1.05 bits per heavy atom. The van der Waals surface area contributed by atoms with Gasteiger partial charge in [0.05, 0.1) is 12.2 Å². The van der Waals surface area contributed by atoms with Crippen LogP contribution in [0.1, 0.15) is 52.4 Å². The molecule has 124 valence electrons. The first-order valence-electron chi connectivity index (χ1n) is 7.87. The van der Waals surface area contributed by atoms with Crippen LogP contribution >= 0.6 is 0 Å². The van der Waals surface area contributed by atoms with Crippen molar-refractivity contribution in [1.82, 2.24) is 4.90 Å². The number of carbonyl (C=O) groups excluding carboxylic acids is 2. The van der Waals surface area contributed by atoms with Crippen LogP contribution in [-0.2, 0) is 19.1 Å². The molecule has 0 amide bonds. The minimum atomic E-state index is -1.18. The lowest BCUT2D eigenvalue weighted by molar-refractivity contribution is -0.142. The van der Waals surface area contributed by atoms with Crippen molar-refractivity contribution in [3.63, 3.8) is 0 Å². The molecule has 0 spiro atoms. The lowest BCUT2D eigenvalue weighted by atomic mass is 10.0. The Hall–Kier alpha value is -1.85. The molecule has 0 atom stereocenters. The Labute approximate surface area is 131 Å². The number of carbonyl (C=O) groups is 3. The van der Waals surface area contributed by atoms with Gasteiger partial charge >= 0.3 is 11.9 Å². The Bertz CT molecular complexity index is 449. The van der Waals surface area contributed by atoms with Gasteiger partial charge in [0, 0.05) is 25.2 Å². The van der Waals surface area contributed by atoms with E-state index in [1.807, 2.05) is 6.92 Å². The number of hydrogen-bond acceptors (Lipinski definition) is 5. The van der Waals surface area contributed by atoms with E-state index in [9.17, 15) is 14.4 Å².